The molecule has 0 bridgehead atoms. The summed E-state index contributed by atoms with van der Waals surface area (Å²) in [6, 6.07) is 7.02. The van der Waals surface area contributed by atoms with Crippen molar-refractivity contribution in [3.05, 3.63) is 42.0 Å². The molecule has 0 aromatic heterocycles. The Labute approximate surface area is 147 Å². The Morgan fingerprint density at radius 2 is 1.84 bits per heavy atom. The Morgan fingerprint density at radius 3 is 2.40 bits per heavy atom. The smallest absolute Gasteiger partial charge is 0.259 e. The average Bonchev–Trinajstić information content (AvgIpc) is 3.30. The minimum absolute atomic E-state index is 0.0321. The second-order valence-corrected chi connectivity index (χ2v) is 9.20. The van der Waals surface area contributed by atoms with E-state index in [4.69, 9.17) is 0 Å². The number of nitrogens with zero attached hydrogens (tertiary/aromatic N) is 2. The predicted octanol–water partition coefficient (Wildman–Crippen LogP) is 1.29. The van der Waals surface area contributed by atoms with E-state index in [0.717, 1.165) is 18.4 Å². The molecule has 1 atom stereocenters. The van der Waals surface area contributed by atoms with Crippen LogP contribution in [0.15, 0.2) is 30.8 Å². The van der Waals surface area contributed by atoms with Gasteiger partial charge in [-0.1, -0.05) is 24.8 Å². The second kappa shape index (κ2) is 5.69. The molecule has 132 valence electrons. The number of carbonyl (C=O) groups excluding carboxylic acids is 2. The fourth-order valence-corrected chi connectivity index (χ4v) is 5.48. The number of fused-ring (bicyclic) bond motifs is 1. The lowest BCUT2D eigenvalue weighted by Gasteiger charge is -2.30. The minimum Gasteiger partial charge on any atom is -0.334 e. The quantitative estimate of drug-likeness (QED) is 0.811. The largest absolute Gasteiger partial charge is 0.334 e. The third kappa shape index (κ3) is 2.86. The maximum absolute atomic E-state index is 12.9. The van der Waals surface area contributed by atoms with Gasteiger partial charge in [-0.3, -0.25) is 14.5 Å². The molecule has 1 saturated carbocycles. The summed E-state index contributed by atoms with van der Waals surface area (Å²) in [6.07, 6.45) is 2.29. The van der Waals surface area contributed by atoms with Crippen LogP contribution in [0.1, 0.15) is 35.2 Å². The van der Waals surface area contributed by atoms with Gasteiger partial charge in [0.15, 0.2) is 9.84 Å². The van der Waals surface area contributed by atoms with Crippen LogP contribution in [0.4, 0.5) is 0 Å². The van der Waals surface area contributed by atoms with Crippen molar-refractivity contribution < 1.29 is 18.0 Å². The van der Waals surface area contributed by atoms with Gasteiger partial charge in [0.25, 0.3) is 5.91 Å². The third-order valence-corrected chi connectivity index (χ3v) is 6.91. The summed E-state index contributed by atoms with van der Waals surface area (Å²) in [6.45, 7) is 3.88. The summed E-state index contributed by atoms with van der Waals surface area (Å²) in [4.78, 5) is 28.6. The zero-order valence-corrected chi connectivity index (χ0v) is 14.7. The van der Waals surface area contributed by atoms with Crippen molar-refractivity contribution in [3.8, 4) is 0 Å². The van der Waals surface area contributed by atoms with Crippen LogP contribution in [0.3, 0.4) is 0 Å². The van der Waals surface area contributed by atoms with E-state index in [9.17, 15) is 18.0 Å². The summed E-state index contributed by atoms with van der Waals surface area (Å²) in [7, 11) is -3.06. The first-order chi connectivity index (χ1) is 11.9. The molecule has 0 spiro atoms. The monoisotopic (exact) mass is 360 g/mol. The molecule has 0 N–H and O–H groups in total. The molecule has 25 heavy (non-hydrogen) atoms. The first kappa shape index (κ1) is 16.3. The van der Waals surface area contributed by atoms with Crippen molar-refractivity contribution >= 4 is 27.3 Å². The van der Waals surface area contributed by atoms with E-state index < -0.39 is 9.84 Å². The predicted molar refractivity (Wildman–Crippen MR) is 93.4 cm³/mol. The Balaban J connectivity index is 1.53. The van der Waals surface area contributed by atoms with Gasteiger partial charge in [-0.05, 0) is 25.3 Å². The number of hydrogen-bond acceptors (Lipinski definition) is 4. The lowest BCUT2D eigenvalue weighted by Crippen LogP contribution is -2.47. The van der Waals surface area contributed by atoms with Gasteiger partial charge in [0, 0.05) is 28.9 Å². The molecule has 2 fully saturated rings. The van der Waals surface area contributed by atoms with Gasteiger partial charge in [-0.2, -0.15) is 0 Å². The Bertz CT molecular complexity index is 838. The molecule has 2 aliphatic heterocycles. The number of carbonyl (C=O) groups is 2. The Morgan fingerprint density at radius 1 is 1.16 bits per heavy atom. The van der Waals surface area contributed by atoms with Crippen molar-refractivity contribution in [2.24, 2.45) is 0 Å². The molecule has 6 nitrogen and oxygen atoms in total. The molecule has 2 amide bonds. The molecule has 1 saturated heterocycles. The highest BCUT2D eigenvalue weighted by Gasteiger charge is 2.43. The van der Waals surface area contributed by atoms with E-state index in [0.29, 0.717) is 17.7 Å². The van der Waals surface area contributed by atoms with E-state index in [2.05, 4.69) is 6.58 Å². The van der Waals surface area contributed by atoms with E-state index in [1.165, 1.54) is 4.90 Å². The summed E-state index contributed by atoms with van der Waals surface area (Å²) in [5, 5.41) is 0. The van der Waals surface area contributed by atoms with E-state index in [1.54, 1.807) is 17.0 Å². The molecule has 4 rings (SSSR count). The molecule has 1 unspecified atom stereocenters. The van der Waals surface area contributed by atoms with Crippen LogP contribution >= 0.6 is 0 Å². The lowest BCUT2D eigenvalue weighted by atomic mass is 10.1. The highest BCUT2D eigenvalue weighted by atomic mass is 32.2. The van der Waals surface area contributed by atoms with E-state index in [-0.39, 0.29) is 41.9 Å². The second-order valence-electron chi connectivity index (χ2n) is 6.97. The third-order valence-electron chi connectivity index (χ3n) is 5.16. The van der Waals surface area contributed by atoms with Gasteiger partial charge in [0.2, 0.25) is 5.91 Å². The zero-order chi connectivity index (χ0) is 17.8. The maximum Gasteiger partial charge on any atom is 0.259 e. The van der Waals surface area contributed by atoms with E-state index >= 15 is 0 Å². The zero-order valence-electron chi connectivity index (χ0n) is 13.8. The van der Waals surface area contributed by atoms with Crippen LogP contribution < -0.4 is 0 Å². The number of amides is 2. The van der Waals surface area contributed by atoms with Crippen molar-refractivity contribution in [1.29, 1.82) is 0 Å². The molecule has 7 heteroatoms. The minimum atomic E-state index is -3.06. The number of sulfone groups is 1. The van der Waals surface area contributed by atoms with Crippen LogP contribution in [0.5, 0.6) is 0 Å². The summed E-state index contributed by atoms with van der Waals surface area (Å²) >= 11 is 0. The summed E-state index contributed by atoms with van der Waals surface area (Å²) in [5.41, 5.74) is 1.84. The topological polar surface area (TPSA) is 74.8 Å². The maximum atomic E-state index is 12.9. The molecule has 1 aromatic carbocycles. The first-order valence-electron chi connectivity index (χ1n) is 8.49. The van der Waals surface area contributed by atoms with Crippen molar-refractivity contribution in [1.82, 2.24) is 9.80 Å². The van der Waals surface area contributed by atoms with Crippen LogP contribution in [0, 0.1) is 0 Å². The van der Waals surface area contributed by atoms with E-state index in [1.807, 2.05) is 12.1 Å². The number of hydrogen-bond donors (Lipinski definition) is 0. The summed E-state index contributed by atoms with van der Waals surface area (Å²) < 4.78 is 23.6. The van der Waals surface area contributed by atoms with Crippen molar-refractivity contribution in [3.63, 3.8) is 0 Å². The van der Waals surface area contributed by atoms with Crippen LogP contribution in [-0.4, -0.2) is 60.2 Å². The summed E-state index contributed by atoms with van der Waals surface area (Å²) in [5.74, 6) is -0.241. The Hall–Kier alpha value is -2.15. The van der Waals surface area contributed by atoms with Gasteiger partial charge >= 0.3 is 0 Å². The fraction of sp³-hybridized carbons (Fsp3) is 0.444. The molecule has 1 aliphatic carbocycles. The standard InChI is InChI=1S/C18H20N2O4S/c1-12-15-4-2-3-5-16(15)18(22)19(12)10-17(21)20(13-6-7-13)14-8-9-25(23,24)11-14/h2-5,13-14H,1,6-11H2. The van der Waals surface area contributed by atoms with Crippen molar-refractivity contribution in [2.75, 3.05) is 18.1 Å². The fourth-order valence-electron chi connectivity index (χ4n) is 3.77. The van der Waals surface area contributed by atoms with Crippen LogP contribution in [-0.2, 0) is 14.6 Å². The van der Waals surface area contributed by atoms with Gasteiger partial charge < -0.3 is 4.90 Å². The molecular weight excluding hydrogens is 340 g/mol. The lowest BCUT2D eigenvalue weighted by molar-refractivity contribution is -0.133. The van der Waals surface area contributed by atoms with Crippen LogP contribution in [0.2, 0.25) is 0 Å². The van der Waals surface area contributed by atoms with Gasteiger partial charge in [-0.15, -0.1) is 0 Å². The molecule has 2 heterocycles. The average molecular weight is 360 g/mol. The van der Waals surface area contributed by atoms with Gasteiger partial charge in [0.05, 0.1) is 11.5 Å². The first-order valence-corrected chi connectivity index (χ1v) is 10.3. The van der Waals surface area contributed by atoms with Gasteiger partial charge in [0.1, 0.15) is 6.54 Å². The molecule has 3 aliphatic rings. The Kier molecular flexibility index (Phi) is 3.72. The number of benzene rings is 1. The number of rotatable bonds is 4. The normalized spacial score (nSPS) is 24.5. The van der Waals surface area contributed by atoms with Gasteiger partial charge in [-0.25, -0.2) is 8.42 Å². The molecule has 0 radical (unpaired) electrons. The highest BCUT2D eigenvalue weighted by Crippen LogP contribution is 2.34. The molecular formula is C18H20N2O4S. The van der Waals surface area contributed by atoms with Crippen molar-refractivity contribution in [2.45, 2.75) is 31.3 Å². The van der Waals surface area contributed by atoms with Crippen LogP contribution in [0.25, 0.3) is 5.70 Å². The SMILES string of the molecule is C=C1c2ccccc2C(=O)N1CC(=O)N(C1CC1)C1CCS(=O)(=O)C1. The molecule has 1 aromatic rings. The highest BCUT2D eigenvalue weighted by molar-refractivity contribution is 7.91.